The fourth-order valence-corrected chi connectivity index (χ4v) is 2.43. The summed E-state index contributed by atoms with van der Waals surface area (Å²) in [6.07, 6.45) is 0.677. The number of benzene rings is 2. The van der Waals surface area contributed by atoms with Crippen molar-refractivity contribution in [3.05, 3.63) is 76.9 Å². The van der Waals surface area contributed by atoms with Gasteiger partial charge in [0.1, 0.15) is 5.82 Å². The molecule has 0 spiro atoms. The Labute approximate surface area is 150 Å². The highest BCUT2D eigenvalue weighted by Gasteiger charge is 2.14. The molecular formula is C19H19FN4O2. The van der Waals surface area contributed by atoms with Crippen molar-refractivity contribution in [1.29, 1.82) is 0 Å². The van der Waals surface area contributed by atoms with Crippen molar-refractivity contribution in [2.24, 2.45) is 0 Å². The van der Waals surface area contributed by atoms with E-state index in [4.69, 9.17) is 0 Å². The number of carbonyl (C=O) groups excluding carboxylic acids is 1. The van der Waals surface area contributed by atoms with E-state index in [2.05, 4.69) is 15.6 Å². The van der Waals surface area contributed by atoms with Crippen molar-refractivity contribution in [3.63, 3.8) is 0 Å². The molecule has 0 bridgehead atoms. The maximum absolute atomic E-state index is 13.6. The molecule has 6 nitrogen and oxygen atoms in total. The number of carbonyl (C=O) groups is 1. The zero-order chi connectivity index (χ0) is 18.7. The van der Waals surface area contributed by atoms with Gasteiger partial charge >= 0.3 is 0 Å². The third-order valence-corrected chi connectivity index (χ3v) is 4.02. The molecule has 134 valence electrons. The molecule has 0 aliphatic carbocycles. The lowest BCUT2D eigenvalue weighted by atomic mass is 10.1. The number of aryl methyl sites for hydroxylation is 2. The van der Waals surface area contributed by atoms with Crippen LogP contribution in [0, 0.1) is 19.7 Å². The number of nitrogens with one attached hydrogen (secondary N) is 1. The number of hydrogen-bond acceptors (Lipinski definition) is 4. The zero-order valence-corrected chi connectivity index (χ0v) is 14.5. The molecule has 1 amide bonds. The van der Waals surface area contributed by atoms with Crippen LogP contribution in [0.3, 0.4) is 0 Å². The van der Waals surface area contributed by atoms with Crippen LogP contribution < -0.4 is 5.32 Å². The van der Waals surface area contributed by atoms with Gasteiger partial charge in [-0.15, -0.1) is 5.10 Å². The fraction of sp³-hybridized carbons (Fsp3) is 0.211. The van der Waals surface area contributed by atoms with E-state index in [0.29, 0.717) is 11.3 Å². The van der Waals surface area contributed by atoms with E-state index < -0.39 is 17.8 Å². The van der Waals surface area contributed by atoms with E-state index >= 15 is 0 Å². The lowest BCUT2D eigenvalue weighted by molar-refractivity contribution is 0.102. The van der Waals surface area contributed by atoms with Gasteiger partial charge < -0.3 is 10.4 Å². The van der Waals surface area contributed by atoms with E-state index in [1.165, 1.54) is 16.9 Å². The summed E-state index contributed by atoms with van der Waals surface area (Å²) < 4.78 is 15.0. The Kier molecular flexibility index (Phi) is 5.09. The summed E-state index contributed by atoms with van der Waals surface area (Å²) >= 11 is 0. The second-order valence-electron chi connectivity index (χ2n) is 6.17. The maximum Gasteiger partial charge on any atom is 0.277 e. The van der Waals surface area contributed by atoms with Crippen molar-refractivity contribution < 1.29 is 14.3 Å². The van der Waals surface area contributed by atoms with Gasteiger partial charge in [0.2, 0.25) is 0 Å². The molecule has 0 fully saturated rings. The van der Waals surface area contributed by atoms with Crippen LogP contribution in [0.5, 0.6) is 0 Å². The average Bonchev–Trinajstić information content (AvgIpc) is 3.07. The molecule has 0 aliphatic rings. The van der Waals surface area contributed by atoms with E-state index in [0.717, 1.165) is 11.1 Å². The molecule has 3 aromatic rings. The molecule has 0 radical (unpaired) electrons. The molecule has 0 unspecified atom stereocenters. The molecular weight excluding hydrogens is 335 g/mol. The number of halogens is 1. The number of nitrogens with zero attached hydrogens (tertiary/aromatic N) is 3. The Balaban J connectivity index is 1.65. The number of hydrogen-bond donors (Lipinski definition) is 2. The predicted molar refractivity (Wildman–Crippen MR) is 95.3 cm³/mol. The summed E-state index contributed by atoms with van der Waals surface area (Å²) in [5, 5.41) is 20.5. The molecule has 2 aromatic carbocycles. The Morgan fingerprint density at radius 2 is 1.96 bits per heavy atom. The van der Waals surface area contributed by atoms with Gasteiger partial charge in [-0.2, -0.15) is 0 Å². The minimum atomic E-state index is -0.764. The van der Waals surface area contributed by atoms with Crippen LogP contribution in [-0.2, 0) is 6.54 Å². The zero-order valence-electron chi connectivity index (χ0n) is 14.5. The van der Waals surface area contributed by atoms with Crippen LogP contribution in [0.25, 0.3) is 0 Å². The quantitative estimate of drug-likeness (QED) is 0.738. The lowest BCUT2D eigenvalue weighted by Crippen LogP contribution is -2.13. The fourth-order valence-electron chi connectivity index (χ4n) is 2.43. The standard InChI is InChI=1S/C19H19FN4O2/c1-12-3-6-14(7-4-12)18(25)11-24-10-17(22-23-24)19(26)21-15-8-5-13(2)16(20)9-15/h3-10,18,25H,11H2,1-2H3,(H,21,26)/t18-/m0/s1. The predicted octanol–water partition coefficient (Wildman–Crippen LogP) is 3.02. The highest BCUT2D eigenvalue weighted by atomic mass is 19.1. The first kappa shape index (κ1) is 17.8. The average molecular weight is 354 g/mol. The molecule has 3 rings (SSSR count). The molecule has 1 atom stereocenters. The largest absolute Gasteiger partial charge is 0.386 e. The first-order valence-corrected chi connectivity index (χ1v) is 8.14. The van der Waals surface area contributed by atoms with Crippen LogP contribution in [0.15, 0.2) is 48.7 Å². The summed E-state index contributed by atoms with van der Waals surface area (Å²) in [4.78, 5) is 12.2. The van der Waals surface area contributed by atoms with Crippen LogP contribution in [0.1, 0.15) is 33.3 Å². The SMILES string of the molecule is Cc1ccc([C@@H](O)Cn2cc(C(=O)Nc3ccc(C)c(F)c3)nn2)cc1. The third kappa shape index (κ3) is 4.12. The molecule has 1 heterocycles. The normalized spacial score (nSPS) is 12.0. The molecule has 0 aliphatic heterocycles. The molecule has 2 N–H and O–H groups in total. The van der Waals surface area contributed by atoms with Crippen LogP contribution in [0.4, 0.5) is 10.1 Å². The van der Waals surface area contributed by atoms with Crippen LogP contribution in [-0.4, -0.2) is 26.0 Å². The Morgan fingerprint density at radius 3 is 2.65 bits per heavy atom. The van der Waals surface area contributed by atoms with Gasteiger partial charge in [-0.25, -0.2) is 9.07 Å². The first-order valence-electron chi connectivity index (χ1n) is 8.14. The van der Waals surface area contributed by atoms with E-state index in [-0.39, 0.29) is 12.2 Å². The van der Waals surface area contributed by atoms with Crippen LogP contribution in [0.2, 0.25) is 0 Å². The molecule has 0 saturated heterocycles. The second kappa shape index (κ2) is 7.45. The summed E-state index contributed by atoms with van der Waals surface area (Å²) in [5.74, 6) is -0.892. The number of anilines is 1. The second-order valence-corrected chi connectivity index (χ2v) is 6.17. The van der Waals surface area contributed by atoms with Crippen LogP contribution >= 0.6 is 0 Å². The topological polar surface area (TPSA) is 80.0 Å². The smallest absolute Gasteiger partial charge is 0.277 e. The number of amides is 1. The highest BCUT2D eigenvalue weighted by Crippen LogP contribution is 2.16. The van der Waals surface area contributed by atoms with Gasteiger partial charge in [-0.3, -0.25) is 4.79 Å². The van der Waals surface area contributed by atoms with Gasteiger partial charge in [-0.1, -0.05) is 41.1 Å². The third-order valence-electron chi connectivity index (χ3n) is 4.02. The minimum absolute atomic E-state index is 0.0853. The van der Waals surface area contributed by atoms with Crippen molar-refractivity contribution in [2.45, 2.75) is 26.5 Å². The molecule has 7 heteroatoms. The number of aliphatic hydroxyl groups is 1. The summed E-state index contributed by atoms with van der Waals surface area (Å²) in [6, 6.07) is 12.0. The molecule has 1 aromatic heterocycles. The first-order chi connectivity index (χ1) is 12.4. The van der Waals surface area contributed by atoms with Gasteiger partial charge in [0.05, 0.1) is 18.8 Å². The maximum atomic E-state index is 13.6. The number of aromatic nitrogens is 3. The van der Waals surface area contributed by atoms with Gasteiger partial charge in [0.15, 0.2) is 5.69 Å². The van der Waals surface area contributed by atoms with Crippen molar-refractivity contribution >= 4 is 11.6 Å². The Morgan fingerprint density at radius 1 is 1.23 bits per heavy atom. The monoisotopic (exact) mass is 354 g/mol. The van der Waals surface area contributed by atoms with Gasteiger partial charge in [-0.05, 0) is 37.1 Å². The Bertz CT molecular complexity index is 922. The van der Waals surface area contributed by atoms with Crippen molar-refractivity contribution in [2.75, 3.05) is 5.32 Å². The highest BCUT2D eigenvalue weighted by molar-refractivity contribution is 6.02. The molecule has 26 heavy (non-hydrogen) atoms. The van der Waals surface area contributed by atoms with Gasteiger partial charge in [0, 0.05) is 5.69 Å². The minimum Gasteiger partial charge on any atom is -0.386 e. The summed E-state index contributed by atoms with van der Waals surface area (Å²) in [6.45, 7) is 3.78. The van der Waals surface area contributed by atoms with E-state index in [1.54, 1.807) is 19.1 Å². The lowest BCUT2D eigenvalue weighted by Gasteiger charge is -2.10. The van der Waals surface area contributed by atoms with Gasteiger partial charge in [0.25, 0.3) is 5.91 Å². The summed E-state index contributed by atoms with van der Waals surface area (Å²) in [5.41, 5.74) is 2.79. The Hall–Kier alpha value is -3.06. The van der Waals surface area contributed by atoms with E-state index in [9.17, 15) is 14.3 Å². The van der Waals surface area contributed by atoms with Crippen molar-refractivity contribution in [1.82, 2.24) is 15.0 Å². The number of aliphatic hydroxyl groups excluding tert-OH is 1. The summed E-state index contributed by atoms with van der Waals surface area (Å²) in [7, 11) is 0. The van der Waals surface area contributed by atoms with E-state index in [1.807, 2.05) is 31.2 Å². The number of rotatable bonds is 5. The molecule has 0 saturated carbocycles. The van der Waals surface area contributed by atoms with Crippen molar-refractivity contribution in [3.8, 4) is 0 Å².